The molecule has 0 aliphatic heterocycles. The van der Waals surface area contributed by atoms with Crippen LogP contribution in [0.25, 0.3) is 0 Å². The number of rotatable bonds is 4. The Morgan fingerprint density at radius 1 is 1.50 bits per heavy atom. The molecule has 0 fully saturated rings. The first kappa shape index (κ1) is 10.5. The van der Waals surface area contributed by atoms with E-state index in [9.17, 15) is 5.11 Å². The van der Waals surface area contributed by atoms with E-state index in [0.29, 0.717) is 5.69 Å². The van der Waals surface area contributed by atoms with Gasteiger partial charge in [-0.3, -0.25) is 4.98 Å². The normalized spacial score (nSPS) is 10.7. The second-order valence-electron chi connectivity index (χ2n) is 2.83. The van der Waals surface area contributed by atoms with Gasteiger partial charge in [0.05, 0.1) is 12.5 Å². The minimum atomic E-state index is 0.107. The highest BCUT2D eigenvalue weighted by atomic mass is 16.3. The molecule has 0 amide bonds. The molecule has 14 heavy (non-hydrogen) atoms. The zero-order chi connectivity index (χ0) is 10.4. The smallest absolute Gasteiger partial charge is 0.159 e. The summed E-state index contributed by atoms with van der Waals surface area (Å²) in [4.78, 5) is 9.98. The van der Waals surface area contributed by atoms with Crippen molar-refractivity contribution in [3.8, 4) is 5.75 Å². The van der Waals surface area contributed by atoms with Crippen LogP contribution < -0.4 is 0 Å². The Kier molecular flexibility index (Phi) is 3.91. The van der Waals surface area contributed by atoms with Gasteiger partial charge in [-0.1, -0.05) is 0 Å². The van der Waals surface area contributed by atoms with Crippen LogP contribution in [0.5, 0.6) is 5.75 Å². The summed E-state index contributed by atoms with van der Waals surface area (Å²) in [7, 11) is 0. The van der Waals surface area contributed by atoms with E-state index >= 15 is 0 Å². The van der Waals surface area contributed by atoms with Crippen LogP contribution in [0.4, 0.5) is 5.69 Å². The Morgan fingerprint density at radius 2 is 2.21 bits per heavy atom. The molecule has 0 aliphatic rings. The fourth-order valence-corrected chi connectivity index (χ4v) is 1.02. The summed E-state index contributed by atoms with van der Waals surface area (Å²) in [6.07, 6.45) is 4.72. The molecule has 1 N–H and O–H groups in total. The second-order valence-corrected chi connectivity index (χ2v) is 2.83. The lowest BCUT2D eigenvalue weighted by atomic mass is 10.4. The molecule has 0 saturated carbocycles. The Bertz CT molecular complexity index is 308. The lowest BCUT2D eigenvalue weighted by Gasteiger charge is -2.13. The SMILES string of the molecule is CCN(/C=N/c1ccncc1O)CC. The molecule has 0 spiro atoms. The predicted molar refractivity (Wildman–Crippen MR) is 57.0 cm³/mol. The van der Waals surface area contributed by atoms with Crippen molar-refractivity contribution >= 4 is 12.0 Å². The van der Waals surface area contributed by atoms with Crippen molar-refractivity contribution < 1.29 is 5.11 Å². The number of aromatic nitrogens is 1. The monoisotopic (exact) mass is 193 g/mol. The number of hydrogen-bond acceptors (Lipinski definition) is 3. The lowest BCUT2D eigenvalue weighted by molar-refractivity contribution is 0.470. The maximum absolute atomic E-state index is 9.37. The summed E-state index contributed by atoms with van der Waals surface area (Å²) in [5.41, 5.74) is 0.548. The molecule has 1 aromatic heterocycles. The molecule has 4 nitrogen and oxygen atoms in total. The van der Waals surface area contributed by atoms with E-state index in [1.54, 1.807) is 18.6 Å². The van der Waals surface area contributed by atoms with Crippen LogP contribution in [-0.2, 0) is 0 Å². The number of pyridine rings is 1. The summed E-state index contributed by atoms with van der Waals surface area (Å²) < 4.78 is 0. The summed E-state index contributed by atoms with van der Waals surface area (Å²) in [6, 6.07) is 1.68. The molecule has 0 radical (unpaired) electrons. The van der Waals surface area contributed by atoms with Crippen molar-refractivity contribution in [2.45, 2.75) is 13.8 Å². The van der Waals surface area contributed by atoms with Crippen LogP contribution in [0.2, 0.25) is 0 Å². The van der Waals surface area contributed by atoms with E-state index in [-0.39, 0.29) is 5.75 Å². The molecule has 0 atom stereocenters. The Hall–Kier alpha value is -1.58. The van der Waals surface area contributed by atoms with Crippen molar-refractivity contribution in [1.82, 2.24) is 9.88 Å². The minimum absolute atomic E-state index is 0.107. The highest BCUT2D eigenvalue weighted by Gasteiger charge is 1.97. The fourth-order valence-electron chi connectivity index (χ4n) is 1.02. The molecular formula is C10H15N3O. The predicted octanol–water partition coefficient (Wildman–Crippen LogP) is 1.79. The van der Waals surface area contributed by atoms with Crippen LogP contribution in [0, 0.1) is 0 Å². The van der Waals surface area contributed by atoms with Crippen LogP contribution in [-0.4, -0.2) is 34.4 Å². The van der Waals surface area contributed by atoms with Crippen molar-refractivity contribution in [3.63, 3.8) is 0 Å². The maximum atomic E-state index is 9.37. The molecular weight excluding hydrogens is 178 g/mol. The number of aromatic hydroxyl groups is 1. The second kappa shape index (κ2) is 5.21. The zero-order valence-corrected chi connectivity index (χ0v) is 8.51. The maximum Gasteiger partial charge on any atom is 0.159 e. The van der Waals surface area contributed by atoms with Crippen molar-refractivity contribution in [3.05, 3.63) is 18.5 Å². The van der Waals surface area contributed by atoms with E-state index in [4.69, 9.17) is 0 Å². The van der Waals surface area contributed by atoms with Crippen LogP contribution >= 0.6 is 0 Å². The van der Waals surface area contributed by atoms with Crippen molar-refractivity contribution in [1.29, 1.82) is 0 Å². The van der Waals surface area contributed by atoms with Gasteiger partial charge < -0.3 is 10.0 Å². The molecule has 0 saturated heterocycles. The molecule has 1 aromatic rings. The van der Waals surface area contributed by atoms with Gasteiger partial charge in [0.25, 0.3) is 0 Å². The van der Waals surface area contributed by atoms with E-state index < -0.39 is 0 Å². The number of aliphatic imine (C=N–C) groups is 1. The topological polar surface area (TPSA) is 48.7 Å². The van der Waals surface area contributed by atoms with Crippen LogP contribution in [0.1, 0.15) is 13.8 Å². The third-order valence-corrected chi connectivity index (χ3v) is 1.95. The molecule has 1 rings (SSSR count). The van der Waals surface area contributed by atoms with Gasteiger partial charge in [-0.2, -0.15) is 0 Å². The first-order chi connectivity index (χ1) is 6.77. The number of nitrogens with zero attached hydrogens (tertiary/aromatic N) is 3. The van der Waals surface area contributed by atoms with Gasteiger partial charge in [0, 0.05) is 19.3 Å². The van der Waals surface area contributed by atoms with Crippen molar-refractivity contribution in [2.75, 3.05) is 13.1 Å². The van der Waals surface area contributed by atoms with E-state index in [1.165, 1.54) is 6.20 Å². The van der Waals surface area contributed by atoms with Gasteiger partial charge in [0.1, 0.15) is 5.69 Å². The first-order valence-corrected chi connectivity index (χ1v) is 4.69. The van der Waals surface area contributed by atoms with Crippen molar-refractivity contribution in [2.24, 2.45) is 4.99 Å². The molecule has 76 valence electrons. The molecule has 4 heteroatoms. The first-order valence-electron chi connectivity index (χ1n) is 4.69. The van der Waals surface area contributed by atoms with Gasteiger partial charge in [0.2, 0.25) is 0 Å². The fraction of sp³-hybridized carbons (Fsp3) is 0.400. The summed E-state index contributed by atoms with van der Waals surface area (Å²) >= 11 is 0. The molecule has 1 heterocycles. The zero-order valence-electron chi connectivity index (χ0n) is 8.51. The van der Waals surface area contributed by atoms with E-state index in [0.717, 1.165) is 13.1 Å². The molecule has 0 unspecified atom stereocenters. The van der Waals surface area contributed by atoms with E-state index in [2.05, 4.69) is 23.8 Å². The molecule has 0 bridgehead atoms. The third-order valence-electron chi connectivity index (χ3n) is 1.95. The summed E-state index contributed by atoms with van der Waals surface area (Å²) in [5.74, 6) is 0.107. The minimum Gasteiger partial charge on any atom is -0.504 e. The quantitative estimate of drug-likeness (QED) is 0.585. The highest BCUT2D eigenvalue weighted by molar-refractivity contribution is 5.64. The van der Waals surface area contributed by atoms with E-state index in [1.807, 2.05) is 4.90 Å². The van der Waals surface area contributed by atoms with Crippen LogP contribution in [0.3, 0.4) is 0 Å². The van der Waals surface area contributed by atoms with Gasteiger partial charge in [-0.05, 0) is 19.9 Å². The lowest BCUT2D eigenvalue weighted by Crippen LogP contribution is -2.20. The van der Waals surface area contributed by atoms with Gasteiger partial charge in [0.15, 0.2) is 5.75 Å². The van der Waals surface area contributed by atoms with Crippen LogP contribution in [0.15, 0.2) is 23.5 Å². The molecule has 0 aromatic carbocycles. The average Bonchev–Trinajstić information content (AvgIpc) is 2.22. The van der Waals surface area contributed by atoms with Gasteiger partial charge in [-0.25, -0.2) is 4.99 Å². The van der Waals surface area contributed by atoms with Gasteiger partial charge >= 0.3 is 0 Å². The highest BCUT2D eigenvalue weighted by Crippen LogP contribution is 2.22. The number of hydrogen-bond donors (Lipinski definition) is 1. The Labute approximate surface area is 83.9 Å². The largest absolute Gasteiger partial charge is 0.504 e. The summed E-state index contributed by atoms with van der Waals surface area (Å²) in [5, 5.41) is 9.37. The van der Waals surface area contributed by atoms with Gasteiger partial charge in [-0.15, -0.1) is 0 Å². The standard InChI is InChI=1S/C10H15N3O/c1-3-13(4-2)8-12-9-5-6-11-7-10(9)14/h5-8,14H,3-4H2,1-2H3/b12-8+. The average molecular weight is 193 g/mol. The molecule has 0 aliphatic carbocycles. The Morgan fingerprint density at radius 3 is 2.79 bits per heavy atom. The summed E-state index contributed by atoms with van der Waals surface area (Å²) in [6.45, 7) is 5.93. The third kappa shape index (κ3) is 2.73. The Balaban J connectivity index is 2.72.